The van der Waals surface area contributed by atoms with E-state index in [0.717, 1.165) is 15.7 Å². The van der Waals surface area contributed by atoms with Gasteiger partial charge >= 0.3 is 0 Å². The van der Waals surface area contributed by atoms with E-state index in [4.69, 9.17) is 4.52 Å². The van der Waals surface area contributed by atoms with Crippen LogP contribution in [0, 0.1) is 19.7 Å². The molecule has 0 aliphatic rings. The van der Waals surface area contributed by atoms with Crippen molar-refractivity contribution in [3.05, 3.63) is 63.7 Å². The number of hydrogen-bond acceptors (Lipinski definition) is 4. The molecule has 0 saturated heterocycles. The summed E-state index contributed by atoms with van der Waals surface area (Å²) in [6.07, 6.45) is 0.551. The number of benzene rings is 2. The van der Waals surface area contributed by atoms with Crippen LogP contribution in [0.2, 0.25) is 0 Å². The van der Waals surface area contributed by atoms with E-state index in [1.54, 1.807) is 31.0 Å². The average Bonchev–Trinajstić information content (AvgIpc) is 3.12. The smallest absolute Gasteiger partial charge is 0.227 e. The second-order valence-corrected chi connectivity index (χ2v) is 7.22. The van der Waals surface area contributed by atoms with Crippen LogP contribution in [-0.2, 0) is 11.2 Å². The highest BCUT2D eigenvalue weighted by Gasteiger charge is 2.15. The van der Waals surface area contributed by atoms with E-state index in [1.807, 2.05) is 25.1 Å². The number of carbonyl (C=O) groups is 1. The molecule has 0 aliphatic heterocycles. The SMILES string of the molecule is Cc1ccc(-c2noc(CCC(=O)N(C)c3ccc(Br)c(C)c3)n2)cc1F. The van der Waals surface area contributed by atoms with Crippen LogP contribution in [0.3, 0.4) is 0 Å². The molecule has 0 radical (unpaired) electrons. The number of anilines is 1. The lowest BCUT2D eigenvalue weighted by Gasteiger charge is -2.17. The monoisotopic (exact) mass is 431 g/mol. The van der Waals surface area contributed by atoms with E-state index in [0.29, 0.717) is 29.3 Å². The molecule has 1 amide bonds. The normalized spacial score (nSPS) is 10.9. The number of amides is 1. The van der Waals surface area contributed by atoms with Crippen molar-refractivity contribution in [2.24, 2.45) is 0 Å². The summed E-state index contributed by atoms with van der Waals surface area (Å²) in [7, 11) is 1.74. The Labute approximate surface area is 165 Å². The van der Waals surface area contributed by atoms with Gasteiger partial charge in [0, 0.05) is 35.6 Å². The molecule has 0 saturated carbocycles. The molecule has 0 bridgehead atoms. The second kappa shape index (κ2) is 8.00. The fourth-order valence-corrected chi connectivity index (χ4v) is 2.82. The van der Waals surface area contributed by atoms with Crippen molar-refractivity contribution in [3.8, 4) is 11.4 Å². The Kier molecular flexibility index (Phi) is 5.70. The first-order chi connectivity index (χ1) is 12.8. The van der Waals surface area contributed by atoms with Gasteiger partial charge in [0.25, 0.3) is 0 Å². The lowest BCUT2D eigenvalue weighted by Crippen LogP contribution is -2.26. The Morgan fingerprint density at radius 1 is 1.19 bits per heavy atom. The minimum absolute atomic E-state index is 0.0575. The van der Waals surface area contributed by atoms with Gasteiger partial charge < -0.3 is 9.42 Å². The Bertz CT molecular complexity index is 987. The van der Waals surface area contributed by atoms with Crippen molar-refractivity contribution in [2.45, 2.75) is 26.7 Å². The quantitative estimate of drug-likeness (QED) is 0.579. The van der Waals surface area contributed by atoms with Gasteiger partial charge in [-0.1, -0.05) is 33.2 Å². The van der Waals surface area contributed by atoms with Gasteiger partial charge in [-0.25, -0.2) is 4.39 Å². The number of carbonyl (C=O) groups excluding carboxylic acids is 1. The third kappa shape index (κ3) is 4.42. The Morgan fingerprint density at radius 3 is 2.67 bits per heavy atom. The van der Waals surface area contributed by atoms with Crippen molar-refractivity contribution in [1.82, 2.24) is 10.1 Å². The first kappa shape index (κ1) is 19.2. The van der Waals surface area contributed by atoms with Crippen LogP contribution in [0.25, 0.3) is 11.4 Å². The summed E-state index contributed by atoms with van der Waals surface area (Å²) in [5, 5.41) is 3.88. The average molecular weight is 432 g/mol. The van der Waals surface area contributed by atoms with Gasteiger partial charge in [-0.2, -0.15) is 4.98 Å². The van der Waals surface area contributed by atoms with Gasteiger partial charge in [-0.15, -0.1) is 0 Å². The first-order valence-corrected chi connectivity index (χ1v) is 9.26. The lowest BCUT2D eigenvalue weighted by molar-refractivity contribution is -0.118. The van der Waals surface area contributed by atoms with Crippen LogP contribution in [-0.4, -0.2) is 23.1 Å². The molecule has 5 nitrogen and oxygen atoms in total. The fourth-order valence-electron chi connectivity index (χ4n) is 2.57. The molecular weight excluding hydrogens is 413 g/mol. The largest absolute Gasteiger partial charge is 0.339 e. The molecule has 3 aromatic rings. The standard InChI is InChI=1S/C20H19BrFN3O2/c1-12-4-5-14(11-17(12)22)20-23-18(27-24-20)8-9-19(26)25(3)15-6-7-16(21)13(2)10-15/h4-7,10-11H,8-9H2,1-3H3. The molecule has 0 fully saturated rings. The maximum atomic E-state index is 13.7. The molecule has 0 unspecified atom stereocenters. The number of aryl methyl sites for hydroxylation is 3. The molecule has 27 heavy (non-hydrogen) atoms. The maximum Gasteiger partial charge on any atom is 0.227 e. The molecule has 1 aromatic heterocycles. The molecule has 0 N–H and O–H groups in total. The third-order valence-electron chi connectivity index (χ3n) is 4.35. The fraction of sp³-hybridized carbons (Fsp3) is 0.250. The summed E-state index contributed by atoms with van der Waals surface area (Å²) in [4.78, 5) is 18.3. The van der Waals surface area contributed by atoms with Crippen LogP contribution >= 0.6 is 15.9 Å². The molecule has 0 aliphatic carbocycles. The van der Waals surface area contributed by atoms with Gasteiger partial charge in [0.15, 0.2) is 0 Å². The van der Waals surface area contributed by atoms with Crippen LogP contribution in [0.5, 0.6) is 0 Å². The molecule has 140 valence electrons. The molecule has 3 rings (SSSR count). The van der Waals surface area contributed by atoms with Gasteiger partial charge in [0.2, 0.25) is 17.6 Å². The van der Waals surface area contributed by atoms with Crippen LogP contribution in [0.1, 0.15) is 23.4 Å². The van der Waals surface area contributed by atoms with E-state index in [2.05, 4.69) is 26.1 Å². The van der Waals surface area contributed by atoms with Gasteiger partial charge in [0.1, 0.15) is 5.82 Å². The first-order valence-electron chi connectivity index (χ1n) is 8.47. The minimum atomic E-state index is -0.319. The highest BCUT2D eigenvalue weighted by atomic mass is 79.9. The van der Waals surface area contributed by atoms with Crippen LogP contribution in [0.4, 0.5) is 10.1 Å². The summed E-state index contributed by atoms with van der Waals surface area (Å²) < 4.78 is 19.9. The van der Waals surface area contributed by atoms with E-state index in [-0.39, 0.29) is 18.1 Å². The van der Waals surface area contributed by atoms with Gasteiger partial charge in [-0.3, -0.25) is 4.79 Å². The zero-order valence-corrected chi connectivity index (χ0v) is 16.9. The third-order valence-corrected chi connectivity index (χ3v) is 5.24. The number of aromatic nitrogens is 2. The Hall–Kier alpha value is -2.54. The van der Waals surface area contributed by atoms with Crippen molar-refractivity contribution in [2.75, 3.05) is 11.9 Å². The van der Waals surface area contributed by atoms with Crippen molar-refractivity contribution in [3.63, 3.8) is 0 Å². The zero-order chi connectivity index (χ0) is 19.6. The highest BCUT2D eigenvalue weighted by molar-refractivity contribution is 9.10. The number of nitrogens with zero attached hydrogens (tertiary/aromatic N) is 3. The van der Waals surface area contributed by atoms with Crippen molar-refractivity contribution in [1.29, 1.82) is 0 Å². The summed E-state index contributed by atoms with van der Waals surface area (Å²) in [5.74, 6) is 0.284. The van der Waals surface area contributed by atoms with Crippen molar-refractivity contribution >= 4 is 27.5 Å². The summed E-state index contributed by atoms with van der Waals surface area (Å²) in [6.45, 7) is 3.66. The van der Waals surface area contributed by atoms with E-state index < -0.39 is 0 Å². The predicted octanol–water partition coefficient (Wildman–Crippen LogP) is 4.85. The highest BCUT2D eigenvalue weighted by Crippen LogP contribution is 2.23. The second-order valence-electron chi connectivity index (χ2n) is 6.36. The van der Waals surface area contributed by atoms with E-state index in [9.17, 15) is 9.18 Å². The predicted molar refractivity (Wildman–Crippen MR) is 105 cm³/mol. The van der Waals surface area contributed by atoms with Crippen LogP contribution in [0.15, 0.2) is 45.4 Å². The maximum absolute atomic E-state index is 13.7. The molecule has 7 heteroatoms. The molecular formula is C20H19BrFN3O2. The van der Waals surface area contributed by atoms with Gasteiger partial charge in [-0.05, 0) is 49.2 Å². The molecule has 0 spiro atoms. The van der Waals surface area contributed by atoms with E-state index >= 15 is 0 Å². The lowest BCUT2D eigenvalue weighted by atomic mass is 10.1. The van der Waals surface area contributed by atoms with Crippen LogP contribution < -0.4 is 4.90 Å². The van der Waals surface area contributed by atoms with E-state index in [1.165, 1.54) is 6.07 Å². The number of rotatable bonds is 5. The molecule has 2 aromatic carbocycles. The molecule has 0 atom stereocenters. The summed E-state index contributed by atoms with van der Waals surface area (Å²) >= 11 is 3.45. The Morgan fingerprint density at radius 2 is 1.96 bits per heavy atom. The molecule has 1 heterocycles. The number of halogens is 2. The zero-order valence-electron chi connectivity index (χ0n) is 15.3. The summed E-state index contributed by atoms with van der Waals surface area (Å²) in [6, 6.07) is 10.5. The van der Waals surface area contributed by atoms with Crippen molar-refractivity contribution < 1.29 is 13.7 Å². The Balaban J connectivity index is 1.64. The minimum Gasteiger partial charge on any atom is -0.339 e. The summed E-state index contributed by atoms with van der Waals surface area (Å²) in [5.41, 5.74) is 2.97. The number of hydrogen-bond donors (Lipinski definition) is 0. The van der Waals surface area contributed by atoms with Gasteiger partial charge in [0.05, 0.1) is 0 Å². The topological polar surface area (TPSA) is 59.2 Å².